The highest BCUT2D eigenvalue weighted by Gasteiger charge is 2.37. The molecule has 1 fully saturated rings. The Labute approximate surface area is 136 Å². The number of ether oxygens (including phenoxy) is 2. The van der Waals surface area contributed by atoms with E-state index in [9.17, 15) is 14.0 Å². The number of benzene rings is 2. The first-order valence-electron chi connectivity index (χ1n) is 6.90. The fourth-order valence-corrected chi connectivity index (χ4v) is 2.19. The van der Waals surface area contributed by atoms with Crippen molar-refractivity contribution in [3.8, 4) is 11.5 Å². The smallest absolute Gasteiger partial charge is 0.427 e. The number of hydrogen-bond acceptors (Lipinski definition) is 5. The molecule has 1 N–H and O–H groups in total. The van der Waals surface area contributed by atoms with Gasteiger partial charge in [0.15, 0.2) is 17.3 Å². The number of imide groups is 1. The molecule has 24 heavy (non-hydrogen) atoms. The third-order valence-corrected chi connectivity index (χ3v) is 3.39. The topological polar surface area (TPSA) is 76.1 Å². The number of carbonyl (C=O) groups is 2. The van der Waals surface area contributed by atoms with Gasteiger partial charge >= 0.3 is 12.0 Å². The number of methoxy groups -OCH3 is 1. The predicted octanol–water partition coefficient (Wildman–Crippen LogP) is 3.06. The molecular weight excluding hydrogens is 317 g/mol. The predicted molar refractivity (Wildman–Crippen MR) is 83.0 cm³/mol. The van der Waals surface area contributed by atoms with Gasteiger partial charge in [-0.05, 0) is 48.0 Å². The van der Waals surface area contributed by atoms with Crippen LogP contribution < -0.4 is 9.64 Å². The maximum Gasteiger partial charge on any atom is 0.427 e. The summed E-state index contributed by atoms with van der Waals surface area (Å²) >= 11 is 0. The molecule has 0 bridgehead atoms. The molecule has 0 radical (unpaired) electrons. The number of aromatic hydroxyl groups is 1. The van der Waals surface area contributed by atoms with Crippen LogP contribution >= 0.6 is 0 Å². The third kappa shape index (κ3) is 2.79. The molecule has 7 heteroatoms. The summed E-state index contributed by atoms with van der Waals surface area (Å²) in [5.41, 5.74) is 0.601. The Balaban J connectivity index is 1.90. The fraction of sp³-hybridized carbons (Fsp3) is 0.0588. The summed E-state index contributed by atoms with van der Waals surface area (Å²) in [4.78, 5) is 25.2. The second-order valence-corrected chi connectivity index (χ2v) is 4.93. The first-order valence-corrected chi connectivity index (χ1v) is 6.90. The van der Waals surface area contributed by atoms with Crippen LogP contribution in [0.5, 0.6) is 11.5 Å². The van der Waals surface area contributed by atoms with E-state index in [-0.39, 0.29) is 11.3 Å². The molecule has 0 aromatic heterocycles. The Morgan fingerprint density at radius 1 is 1.17 bits per heavy atom. The largest absolute Gasteiger partial charge is 0.505 e. The normalized spacial score (nSPS) is 15.8. The van der Waals surface area contributed by atoms with Crippen molar-refractivity contribution in [3.63, 3.8) is 0 Å². The lowest BCUT2D eigenvalue weighted by molar-refractivity contribution is -0.114. The molecule has 0 atom stereocenters. The van der Waals surface area contributed by atoms with Gasteiger partial charge in [-0.15, -0.1) is 0 Å². The second-order valence-electron chi connectivity index (χ2n) is 4.93. The van der Waals surface area contributed by atoms with Crippen molar-refractivity contribution in [2.75, 3.05) is 12.0 Å². The molecule has 0 aliphatic carbocycles. The van der Waals surface area contributed by atoms with Gasteiger partial charge in [0.05, 0.1) is 12.8 Å². The summed E-state index contributed by atoms with van der Waals surface area (Å²) in [6, 6.07) is 9.86. The molecule has 0 spiro atoms. The fourth-order valence-electron chi connectivity index (χ4n) is 2.19. The van der Waals surface area contributed by atoms with Crippen LogP contribution in [-0.4, -0.2) is 24.2 Å². The summed E-state index contributed by atoms with van der Waals surface area (Å²) < 4.78 is 23.3. The van der Waals surface area contributed by atoms with Crippen molar-refractivity contribution in [2.45, 2.75) is 0 Å². The number of nitrogens with zero attached hydrogens (tertiary/aromatic N) is 1. The zero-order valence-corrected chi connectivity index (χ0v) is 12.5. The van der Waals surface area contributed by atoms with Crippen LogP contribution in [0.4, 0.5) is 14.9 Å². The van der Waals surface area contributed by atoms with Crippen LogP contribution in [0.1, 0.15) is 5.56 Å². The number of anilines is 1. The number of hydrogen-bond donors (Lipinski definition) is 1. The molecule has 2 aromatic rings. The van der Waals surface area contributed by atoms with Gasteiger partial charge in [-0.3, -0.25) is 4.79 Å². The van der Waals surface area contributed by atoms with E-state index in [1.54, 1.807) is 24.3 Å². The van der Waals surface area contributed by atoms with E-state index in [2.05, 4.69) is 0 Å². The molecule has 0 unspecified atom stereocenters. The number of phenolic OH excluding ortho intramolecular Hbond substituents is 1. The van der Waals surface area contributed by atoms with Crippen molar-refractivity contribution >= 4 is 23.8 Å². The Hall–Kier alpha value is -3.35. The Kier molecular flexibility index (Phi) is 3.91. The van der Waals surface area contributed by atoms with E-state index in [1.807, 2.05) is 0 Å². The average molecular weight is 329 g/mol. The lowest BCUT2D eigenvalue weighted by atomic mass is 10.2. The highest BCUT2D eigenvalue weighted by atomic mass is 19.1. The standard InChI is InChI=1S/C17H12FNO5/c1-23-12-5-3-11(4-6-12)19-16(21)15(24-17(19)22)9-10-2-7-14(20)13(18)8-10/h2-9,20H,1H3/b15-9+. The molecule has 2 amide bonds. The molecule has 1 heterocycles. The minimum atomic E-state index is -0.851. The van der Waals surface area contributed by atoms with E-state index in [0.717, 1.165) is 17.0 Å². The van der Waals surface area contributed by atoms with Gasteiger partial charge in [0.1, 0.15) is 5.75 Å². The zero-order chi connectivity index (χ0) is 17.3. The van der Waals surface area contributed by atoms with Crippen LogP contribution in [0.15, 0.2) is 48.2 Å². The number of phenols is 1. The van der Waals surface area contributed by atoms with Gasteiger partial charge in [0.2, 0.25) is 0 Å². The monoisotopic (exact) mass is 329 g/mol. The van der Waals surface area contributed by atoms with E-state index in [4.69, 9.17) is 14.6 Å². The Morgan fingerprint density at radius 3 is 2.50 bits per heavy atom. The summed E-state index contributed by atoms with van der Waals surface area (Å²) in [5.74, 6) is -1.67. The Morgan fingerprint density at radius 2 is 1.88 bits per heavy atom. The lowest BCUT2D eigenvalue weighted by Gasteiger charge is -2.10. The Bertz CT molecular complexity index is 845. The van der Waals surface area contributed by atoms with Crippen LogP contribution in [0.3, 0.4) is 0 Å². The SMILES string of the molecule is COc1ccc(N2C(=O)O/C(=C/c3ccc(O)c(F)c3)C2=O)cc1. The second kappa shape index (κ2) is 6.04. The molecule has 1 aliphatic rings. The van der Waals surface area contributed by atoms with Gasteiger partial charge < -0.3 is 14.6 Å². The molecule has 3 rings (SSSR count). The van der Waals surface area contributed by atoms with E-state index < -0.39 is 23.6 Å². The molecule has 2 aromatic carbocycles. The molecule has 0 saturated carbocycles. The maximum absolute atomic E-state index is 13.3. The van der Waals surface area contributed by atoms with Gasteiger partial charge in [-0.2, -0.15) is 0 Å². The summed E-state index contributed by atoms with van der Waals surface area (Å²) in [7, 11) is 1.50. The molecular formula is C17H12FNO5. The summed E-state index contributed by atoms with van der Waals surface area (Å²) in [6.45, 7) is 0. The first kappa shape index (κ1) is 15.5. The van der Waals surface area contributed by atoms with Gasteiger partial charge in [0.25, 0.3) is 0 Å². The van der Waals surface area contributed by atoms with Gasteiger partial charge in [-0.25, -0.2) is 14.1 Å². The minimum absolute atomic E-state index is 0.235. The number of amides is 2. The highest BCUT2D eigenvalue weighted by molar-refractivity contribution is 6.24. The summed E-state index contributed by atoms with van der Waals surface area (Å²) in [6.07, 6.45) is 0.377. The van der Waals surface area contributed by atoms with E-state index >= 15 is 0 Å². The van der Waals surface area contributed by atoms with Gasteiger partial charge in [0, 0.05) is 0 Å². The quantitative estimate of drug-likeness (QED) is 0.876. The van der Waals surface area contributed by atoms with Crippen LogP contribution in [0, 0.1) is 5.82 Å². The summed E-state index contributed by atoms with van der Waals surface area (Å²) in [5, 5.41) is 9.17. The van der Waals surface area contributed by atoms with Crippen LogP contribution in [-0.2, 0) is 9.53 Å². The molecule has 1 saturated heterocycles. The highest BCUT2D eigenvalue weighted by Crippen LogP contribution is 2.28. The molecule has 1 aliphatic heterocycles. The number of cyclic esters (lactones) is 1. The average Bonchev–Trinajstić information content (AvgIpc) is 2.85. The van der Waals surface area contributed by atoms with Crippen LogP contribution in [0.2, 0.25) is 0 Å². The van der Waals surface area contributed by atoms with E-state index in [1.165, 1.54) is 19.3 Å². The van der Waals surface area contributed by atoms with Crippen LogP contribution in [0.25, 0.3) is 6.08 Å². The number of halogens is 1. The number of carbonyl (C=O) groups excluding carboxylic acids is 2. The third-order valence-electron chi connectivity index (χ3n) is 3.39. The van der Waals surface area contributed by atoms with Crippen molar-refractivity contribution in [1.82, 2.24) is 0 Å². The lowest BCUT2D eigenvalue weighted by Crippen LogP contribution is -2.28. The van der Waals surface area contributed by atoms with Gasteiger partial charge in [-0.1, -0.05) is 6.07 Å². The van der Waals surface area contributed by atoms with Crippen molar-refractivity contribution in [3.05, 3.63) is 59.6 Å². The molecule has 122 valence electrons. The maximum atomic E-state index is 13.3. The van der Waals surface area contributed by atoms with Crippen molar-refractivity contribution in [1.29, 1.82) is 0 Å². The first-order chi connectivity index (χ1) is 11.5. The molecule has 6 nitrogen and oxygen atoms in total. The van der Waals surface area contributed by atoms with Crippen molar-refractivity contribution in [2.24, 2.45) is 0 Å². The van der Waals surface area contributed by atoms with E-state index in [0.29, 0.717) is 11.4 Å². The van der Waals surface area contributed by atoms with Crippen molar-refractivity contribution < 1.29 is 28.6 Å². The zero-order valence-electron chi connectivity index (χ0n) is 12.5. The minimum Gasteiger partial charge on any atom is -0.505 e. The number of rotatable bonds is 3.